The van der Waals surface area contributed by atoms with E-state index >= 15 is 0 Å². The minimum absolute atomic E-state index is 0.153. The highest BCUT2D eigenvalue weighted by Crippen LogP contribution is 2.17. The summed E-state index contributed by atoms with van der Waals surface area (Å²) in [5, 5.41) is 0. The number of ether oxygens (including phenoxy) is 2. The molecular weight excluding hydrogens is 236 g/mol. The molecule has 2 heterocycles. The summed E-state index contributed by atoms with van der Waals surface area (Å²) < 4.78 is 10.8. The second kappa shape index (κ2) is 5.78. The summed E-state index contributed by atoms with van der Waals surface area (Å²) in [4.78, 5) is 14.5. The summed E-state index contributed by atoms with van der Waals surface area (Å²) >= 11 is 0. The number of nitrogen functional groups attached to an aromatic ring is 1. The van der Waals surface area contributed by atoms with Crippen LogP contribution in [0.25, 0.3) is 0 Å². The topological polar surface area (TPSA) is 98.4 Å². The van der Waals surface area contributed by atoms with E-state index in [0.29, 0.717) is 25.1 Å². The summed E-state index contributed by atoms with van der Waals surface area (Å²) in [5.41, 5.74) is 2.42. The van der Waals surface area contributed by atoms with Gasteiger partial charge < -0.3 is 14.4 Å². The van der Waals surface area contributed by atoms with Crippen LogP contribution in [0, 0.1) is 0 Å². The first-order valence-electron chi connectivity index (χ1n) is 5.95. The third-order valence-corrected chi connectivity index (χ3v) is 2.53. The van der Waals surface area contributed by atoms with Crippen LogP contribution in [0.15, 0.2) is 0 Å². The third kappa shape index (κ3) is 2.96. The molecule has 8 nitrogen and oxygen atoms in total. The van der Waals surface area contributed by atoms with Crippen molar-refractivity contribution >= 4 is 11.9 Å². The number of aromatic nitrogens is 3. The molecule has 1 atom stereocenters. The van der Waals surface area contributed by atoms with E-state index in [9.17, 15) is 0 Å². The molecule has 0 amide bonds. The largest absolute Gasteiger partial charge is 0.464 e. The highest BCUT2D eigenvalue weighted by atomic mass is 16.5. The van der Waals surface area contributed by atoms with Gasteiger partial charge >= 0.3 is 6.01 Å². The van der Waals surface area contributed by atoms with E-state index in [2.05, 4.69) is 20.4 Å². The highest BCUT2D eigenvalue weighted by Gasteiger charge is 2.20. The zero-order valence-corrected chi connectivity index (χ0v) is 10.6. The van der Waals surface area contributed by atoms with Crippen molar-refractivity contribution in [2.45, 2.75) is 20.0 Å². The number of hydrogen-bond donors (Lipinski definition) is 2. The van der Waals surface area contributed by atoms with E-state index < -0.39 is 0 Å². The summed E-state index contributed by atoms with van der Waals surface area (Å²) in [6, 6.07) is 0.273. The van der Waals surface area contributed by atoms with Crippen molar-refractivity contribution < 1.29 is 9.47 Å². The smallest absolute Gasteiger partial charge is 0.323 e. The molecule has 0 aliphatic carbocycles. The number of rotatable bonds is 4. The van der Waals surface area contributed by atoms with E-state index in [1.165, 1.54) is 0 Å². The van der Waals surface area contributed by atoms with Gasteiger partial charge in [0.2, 0.25) is 11.9 Å². The zero-order chi connectivity index (χ0) is 13.0. The first-order valence-corrected chi connectivity index (χ1v) is 5.95. The first kappa shape index (κ1) is 12.8. The van der Waals surface area contributed by atoms with Crippen LogP contribution in [0.4, 0.5) is 11.9 Å². The number of nitrogens with zero attached hydrogens (tertiary/aromatic N) is 4. The summed E-state index contributed by atoms with van der Waals surface area (Å²) in [5.74, 6) is 6.19. The molecule has 1 fully saturated rings. The van der Waals surface area contributed by atoms with Gasteiger partial charge in [0.15, 0.2) is 0 Å². The predicted octanol–water partition coefficient (Wildman–Crippen LogP) is -0.219. The minimum Gasteiger partial charge on any atom is -0.464 e. The molecule has 1 aromatic rings. The average molecular weight is 254 g/mol. The Kier molecular flexibility index (Phi) is 4.11. The lowest BCUT2D eigenvalue weighted by molar-refractivity contribution is 0.0525. The fourth-order valence-corrected chi connectivity index (χ4v) is 1.75. The molecule has 1 aliphatic rings. The maximum absolute atomic E-state index is 5.48. The van der Waals surface area contributed by atoms with Crippen LogP contribution in [-0.2, 0) is 4.74 Å². The van der Waals surface area contributed by atoms with Gasteiger partial charge in [-0.05, 0) is 13.8 Å². The van der Waals surface area contributed by atoms with Gasteiger partial charge in [-0.25, -0.2) is 5.84 Å². The van der Waals surface area contributed by atoms with E-state index in [1.54, 1.807) is 0 Å². The number of nitrogens with one attached hydrogen (secondary N) is 1. The lowest BCUT2D eigenvalue weighted by Crippen LogP contribution is -2.42. The van der Waals surface area contributed by atoms with E-state index in [4.69, 9.17) is 15.3 Å². The van der Waals surface area contributed by atoms with Crippen molar-refractivity contribution in [1.29, 1.82) is 0 Å². The van der Waals surface area contributed by atoms with Crippen LogP contribution in [0.5, 0.6) is 6.01 Å². The Hall–Kier alpha value is -1.67. The van der Waals surface area contributed by atoms with Gasteiger partial charge in [-0.2, -0.15) is 15.0 Å². The van der Waals surface area contributed by atoms with Crippen molar-refractivity contribution in [3.63, 3.8) is 0 Å². The Labute approximate surface area is 105 Å². The molecule has 2 rings (SSSR count). The van der Waals surface area contributed by atoms with Gasteiger partial charge in [-0.15, -0.1) is 0 Å². The Bertz CT molecular complexity index is 402. The molecule has 18 heavy (non-hydrogen) atoms. The maximum atomic E-state index is 5.48. The zero-order valence-electron chi connectivity index (χ0n) is 10.6. The number of anilines is 2. The van der Waals surface area contributed by atoms with Gasteiger partial charge in [0.1, 0.15) is 0 Å². The van der Waals surface area contributed by atoms with E-state index in [1.807, 2.05) is 18.7 Å². The average Bonchev–Trinajstić information content (AvgIpc) is 2.39. The molecule has 8 heteroatoms. The van der Waals surface area contributed by atoms with Crippen LogP contribution in [0.1, 0.15) is 13.8 Å². The van der Waals surface area contributed by atoms with Crippen LogP contribution in [0.2, 0.25) is 0 Å². The molecule has 3 N–H and O–H groups in total. The fraction of sp³-hybridized carbons (Fsp3) is 0.700. The summed E-state index contributed by atoms with van der Waals surface area (Å²) in [6.07, 6.45) is 0.153. The molecule has 0 saturated carbocycles. The molecule has 1 aromatic heterocycles. The quantitative estimate of drug-likeness (QED) is 0.562. The first-order chi connectivity index (χ1) is 8.72. The molecule has 0 radical (unpaired) electrons. The number of morpholine rings is 1. The van der Waals surface area contributed by atoms with E-state index in [-0.39, 0.29) is 12.1 Å². The highest BCUT2D eigenvalue weighted by molar-refractivity contribution is 5.38. The Morgan fingerprint density at radius 2 is 2.33 bits per heavy atom. The van der Waals surface area contributed by atoms with Gasteiger partial charge in [0.25, 0.3) is 0 Å². The van der Waals surface area contributed by atoms with Crippen molar-refractivity contribution in [2.75, 3.05) is 36.6 Å². The van der Waals surface area contributed by atoms with E-state index in [0.717, 1.165) is 13.1 Å². The van der Waals surface area contributed by atoms with Crippen molar-refractivity contribution in [2.24, 2.45) is 5.84 Å². The van der Waals surface area contributed by atoms with Gasteiger partial charge in [0, 0.05) is 13.1 Å². The molecule has 100 valence electrons. The van der Waals surface area contributed by atoms with Crippen LogP contribution in [-0.4, -0.2) is 47.4 Å². The molecule has 0 spiro atoms. The van der Waals surface area contributed by atoms with Crippen LogP contribution >= 0.6 is 0 Å². The minimum atomic E-state index is 0.153. The predicted molar refractivity (Wildman–Crippen MR) is 66.4 cm³/mol. The van der Waals surface area contributed by atoms with Crippen molar-refractivity contribution in [3.8, 4) is 6.01 Å². The van der Waals surface area contributed by atoms with Gasteiger partial charge in [0.05, 0.1) is 19.3 Å². The fourth-order valence-electron chi connectivity index (χ4n) is 1.75. The summed E-state index contributed by atoms with van der Waals surface area (Å²) in [6.45, 7) is 6.51. The molecule has 1 saturated heterocycles. The molecule has 0 bridgehead atoms. The molecular formula is C10H18N6O2. The standard InChI is InChI=1S/C10H18N6O2/c1-3-17-10-13-8(15-11)12-9(14-10)16-4-5-18-7(2)6-16/h7H,3-6,11H2,1-2H3,(H,12,13,14,15). The Balaban J connectivity index is 2.22. The third-order valence-electron chi connectivity index (χ3n) is 2.53. The normalized spacial score (nSPS) is 19.7. The Morgan fingerprint density at radius 3 is 3.00 bits per heavy atom. The van der Waals surface area contributed by atoms with Crippen molar-refractivity contribution in [1.82, 2.24) is 15.0 Å². The molecule has 1 unspecified atom stereocenters. The number of hydrazine groups is 1. The lowest BCUT2D eigenvalue weighted by Gasteiger charge is -2.31. The van der Waals surface area contributed by atoms with Crippen LogP contribution in [0.3, 0.4) is 0 Å². The molecule has 1 aliphatic heterocycles. The lowest BCUT2D eigenvalue weighted by atomic mass is 10.3. The SMILES string of the molecule is CCOc1nc(NN)nc(N2CCOC(C)C2)n1. The van der Waals surface area contributed by atoms with Crippen LogP contribution < -0.4 is 20.9 Å². The second-order valence-corrected chi connectivity index (χ2v) is 3.95. The number of hydrogen-bond acceptors (Lipinski definition) is 8. The Morgan fingerprint density at radius 1 is 1.50 bits per heavy atom. The maximum Gasteiger partial charge on any atom is 0.323 e. The monoisotopic (exact) mass is 254 g/mol. The number of nitrogens with two attached hydrogens (primary N) is 1. The molecule has 0 aromatic carbocycles. The van der Waals surface area contributed by atoms with Gasteiger partial charge in [-0.1, -0.05) is 0 Å². The second-order valence-electron chi connectivity index (χ2n) is 3.95. The van der Waals surface area contributed by atoms with Gasteiger partial charge in [-0.3, -0.25) is 5.43 Å². The van der Waals surface area contributed by atoms with Crippen molar-refractivity contribution in [3.05, 3.63) is 0 Å². The summed E-state index contributed by atoms with van der Waals surface area (Å²) in [7, 11) is 0.